The molecule has 1 aromatic rings. The van der Waals surface area contributed by atoms with Gasteiger partial charge in [0, 0.05) is 4.47 Å². The summed E-state index contributed by atoms with van der Waals surface area (Å²) in [6, 6.07) is 7.48. The standard InChI is InChI=1S/C13H15BrO2/c1-2-3-4-8-11(13(15)16)10-7-5-6-9-12(10)14/h2,5-7,9,11H,1,3-4,8H2,(H,15,16). The second-order valence-corrected chi connectivity index (χ2v) is 4.49. The van der Waals surface area contributed by atoms with Gasteiger partial charge in [0.2, 0.25) is 0 Å². The maximum Gasteiger partial charge on any atom is 0.311 e. The quantitative estimate of drug-likeness (QED) is 0.633. The van der Waals surface area contributed by atoms with Gasteiger partial charge in [0.25, 0.3) is 0 Å². The summed E-state index contributed by atoms with van der Waals surface area (Å²) in [4.78, 5) is 11.2. The van der Waals surface area contributed by atoms with Gasteiger partial charge in [-0.3, -0.25) is 4.79 Å². The van der Waals surface area contributed by atoms with Gasteiger partial charge in [-0.25, -0.2) is 0 Å². The molecule has 0 heterocycles. The summed E-state index contributed by atoms with van der Waals surface area (Å²) >= 11 is 3.39. The fourth-order valence-electron chi connectivity index (χ4n) is 1.64. The third kappa shape index (κ3) is 3.49. The molecule has 0 aliphatic rings. The highest BCUT2D eigenvalue weighted by atomic mass is 79.9. The van der Waals surface area contributed by atoms with Gasteiger partial charge >= 0.3 is 5.97 Å². The third-order valence-corrected chi connectivity index (χ3v) is 3.20. The van der Waals surface area contributed by atoms with Crippen LogP contribution in [0.15, 0.2) is 41.4 Å². The van der Waals surface area contributed by atoms with E-state index < -0.39 is 11.9 Å². The molecule has 1 rings (SSSR count). The number of benzene rings is 1. The monoisotopic (exact) mass is 282 g/mol. The van der Waals surface area contributed by atoms with Crippen molar-refractivity contribution >= 4 is 21.9 Å². The number of unbranched alkanes of at least 4 members (excludes halogenated alkanes) is 1. The van der Waals surface area contributed by atoms with Gasteiger partial charge in [-0.1, -0.05) is 40.2 Å². The maximum absolute atomic E-state index is 11.2. The molecular formula is C13H15BrO2. The van der Waals surface area contributed by atoms with Crippen molar-refractivity contribution in [3.63, 3.8) is 0 Å². The molecule has 0 bridgehead atoms. The molecule has 1 atom stereocenters. The first kappa shape index (κ1) is 13.0. The second-order valence-electron chi connectivity index (χ2n) is 3.63. The van der Waals surface area contributed by atoms with Crippen molar-refractivity contribution in [1.82, 2.24) is 0 Å². The molecule has 0 saturated carbocycles. The van der Waals surface area contributed by atoms with Crippen molar-refractivity contribution in [2.75, 3.05) is 0 Å². The van der Waals surface area contributed by atoms with Crippen LogP contribution in [-0.2, 0) is 4.79 Å². The summed E-state index contributed by atoms with van der Waals surface area (Å²) in [5, 5.41) is 9.20. The van der Waals surface area contributed by atoms with Crippen molar-refractivity contribution in [2.24, 2.45) is 0 Å². The lowest BCUT2D eigenvalue weighted by atomic mass is 9.94. The molecule has 1 aromatic carbocycles. The van der Waals surface area contributed by atoms with E-state index in [0.29, 0.717) is 6.42 Å². The lowest BCUT2D eigenvalue weighted by Gasteiger charge is -2.13. The Morgan fingerprint density at radius 3 is 2.75 bits per heavy atom. The average molecular weight is 283 g/mol. The second kappa shape index (κ2) is 6.48. The number of allylic oxidation sites excluding steroid dienone is 1. The van der Waals surface area contributed by atoms with E-state index in [9.17, 15) is 9.90 Å². The summed E-state index contributed by atoms with van der Waals surface area (Å²) in [5.41, 5.74) is 0.846. The molecule has 2 nitrogen and oxygen atoms in total. The number of hydrogen-bond donors (Lipinski definition) is 1. The summed E-state index contributed by atoms with van der Waals surface area (Å²) in [6.07, 6.45) is 4.17. The van der Waals surface area contributed by atoms with Crippen molar-refractivity contribution < 1.29 is 9.90 Å². The number of aliphatic carboxylic acids is 1. The maximum atomic E-state index is 11.2. The zero-order chi connectivity index (χ0) is 12.0. The minimum atomic E-state index is -0.768. The van der Waals surface area contributed by atoms with E-state index in [0.717, 1.165) is 22.9 Å². The van der Waals surface area contributed by atoms with Gasteiger partial charge < -0.3 is 5.11 Å². The normalized spacial score (nSPS) is 12.1. The summed E-state index contributed by atoms with van der Waals surface area (Å²) in [6.45, 7) is 3.64. The molecule has 86 valence electrons. The number of carboxylic acid groups (broad SMARTS) is 1. The highest BCUT2D eigenvalue weighted by Crippen LogP contribution is 2.28. The molecule has 0 aromatic heterocycles. The Kier molecular flexibility index (Phi) is 5.26. The zero-order valence-corrected chi connectivity index (χ0v) is 10.6. The Labute approximate surface area is 104 Å². The van der Waals surface area contributed by atoms with Crippen LogP contribution in [0.4, 0.5) is 0 Å². The largest absolute Gasteiger partial charge is 0.481 e. The van der Waals surface area contributed by atoms with Crippen LogP contribution in [0.2, 0.25) is 0 Å². The SMILES string of the molecule is C=CCCCC(C(=O)O)c1ccccc1Br. The van der Waals surface area contributed by atoms with Crippen LogP contribution in [0, 0.1) is 0 Å². The van der Waals surface area contributed by atoms with E-state index >= 15 is 0 Å². The third-order valence-electron chi connectivity index (χ3n) is 2.48. The topological polar surface area (TPSA) is 37.3 Å². The lowest BCUT2D eigenvalue weighted by molar-refractivity contribution is -0.139. The van der Waals surface area contributed by atoms with Crippen molar-refractivity contribution in [2.45, 2.75) is 25.2 Å². The first-order chi connectivity index (χ1) is 7.66. The van der Waals surface area contributed by atoms with Crippen LogP contribution in [0.5, 0.6) is 0 Å². The van der Waals surface area contributed by atoms with E-state index in [4.69, 9.17) is 0 Å². The number of carbonyl (C=O) groups is 1. The number of hydrogen-bond acceptors (Lipinski definition) is 1. The molecule has 0 amide bonds. The molecule has 0 aliphatic carbocycles. The van der Waals surface area contributed by atoms with Crippen LogP contribution in [-0.4, -0.2) is 11.1 Å². The Bertz CT molecular complexity index is 374. The average Bonchev–Trinajstić information content (AvgIpc) is 2.25. The van der Waals surface area contributed by atoms with E-state index in [1.807, 2.05) is 30.3 Å². The van der Waals surface area contributed by atoms with E-state index in [-0.39, 0.29) is 0 Å². The molecule has 3 heteroatoms. The molecule has 16 heavy (non-hydrogen) atoms. The zero-order valence-electron chi connectivity index (χ0n) is 9.03. The smallest absolute Gasteiger partial charge is 0.311 e. The highest BCUT2D eigenvalue weighted by Gasteiger charge is 2.20. The molecule has 1 unspecified atom stereocenters. The Hall–Kier alpha value is -1.09. The molecule has 0 saturated heterocycles. The van der Waals surface area contributed by atoms with Gasteiger partial charge in [0.05, 0.1) is 5.92 Å². The molecule has 1 N–H and O–H groups in total. The number of halogens is 1. The predicted molar refractivity (Wildman–Crippen MR) is 68.6 cm³/mol. The van der Waals surface area contributed by atoms with Gasteiger partial charge in [-0.15, -0.1) is 6.58 Å². The van der Waals surface area contributed by atoms with Crippen LogP contribution >= 0.6 is 15.9 Å². The van der Waals surface area contributed by atoms with Gasteiger partial charge in [-0.2, -0.15) is 0 Å². The molecule has 0 spiro atoms. The fourth-order valence-corrected chi connectivity index (χ4v) is 2.20. The van der Waals surface area contributed by atoms with E-state index in [1.54, 1.807) is 0 Å². The van der Waals surface area contributed by atoms with Crippen LogP contribution in [0.25, 0.3) is 0 Å². The molecule has 0 fully saturated rings. The first-order valence-electron chi connectivity index (χ1n) is 5.25. The fraction of sp³-hybridized carbons (Fsp3) is 0.308. The predicted octanol–water partition coefficient (Wildman–Crippen LogP) is 3.97. The Balaban J connectivity index is 2.81. The van der Waals surface area contributed by atoms with Crippen LogP contribution in [0.1, 0.15) is 30.7 Å². The lowest BCUT2D eigenvalue weighted by Crippen LogP contribution is -2.12. The molecule has 0 aliphatic heterocycles. The summed E-state index contributed by atoms with van der Waals surface area (Å²) in [7, 11) is 0. The van der Waals surface area contributed by atoms with Gasteiger partial charge in [0.15, 0.2) is 0 Å². The summed E-state index contributed by atoms with van der Waals surface area (Å²) < 4.78 is 0.862. The number of rotatable bonds is 6. The first-order valence-corrected chi connectivity index (χ1v) is 6.04. The molecule has 0 radical (unpaired) electrons. The summed E-state index contributed by atoms with van der Waals surface area (Å²) in [5.74, 6) is -1.20. The minimum absolute atomic E-state index is 0.435. The van der Waals surface area contributed by atoms with Gasteiger partial charge in [-0.05, 0) is 30.9 Å². The van der Waals surface area contributed by atoms with Crippen molar-refractivity contribution in [1.29, 1.82) is 0 Å². The van der Waals surface area contributed by atoms with Crippen LogP contribution < -0.4 is 0 Å². The Morgan fingerprint density at radius 2 is 2.19 bits per heavy atom. The minimum Gasteiger partial charge on any atom is -0.481 e. The van der Waals surface area contributed by atoms with E-state index in [1.165, 1.54) is 0 Å². The van der Waals surface area contributed by atoms with E-state index in [2.05, 4.69) is 22.5 Å². The van der Waals surface area contributed by atoms with Gasteiger partial charge in [0.1, 0.15) is 0 Å². The highest BCUT2D eigenvalue weighted by molar-refractivity contribution is 9.10. The van der Waals surface area contributed by atoms with Crippen molar-refractivity contribution in [3.8, 4) is 0 Å². The number of carboxylic acids is 1. The van der Waals surface area contributed by atoms with Crippen LogP contribution in [0.3, 0.4) is 0 Å². The van der Waals surface area contributed by atoms with Crippen molar-refractivity contribution in [3.05, 3.63) is 47.0 Å². The molecular weight excluding hydrogens is 268 g/mol. The Morgan fingerprint density at radius 1 is 1.50 bits per heavy atom.